The Hall–Kier alpha value is -1.68. The van der Waals surface area contributed by atoms with E-state index in [-0.39, 0.29) is 12.8 Å². The molecule has 19 heavy (non-hydrogen) atoms. The van der Waals surface area contributed by atoms with Crippen LogP contribution in [0.25, 0.3) is 0 Å². The molecule has 0 saturated heterocycles. The second-order valence-electron chi connectivity index (χ2n) is 3.46. The number of carboxylic acids is 1. The molecule has 1 unspecified atom stereocenters. The second-order valence-corrected chi connectivity index (χ2v) is 5.87. The summed E-state index contributed by atoms with van der Waals surface area (Å²) < 4.78 is 0.728. The average Bonchev–Trinajstić information content (AvgIpc) is 2.69. The highest BCUT2D eigenvalue weighted by molar-refractivity contribution is 9.11. The molecule has 0 saturated carbocycles. The quantitative estimate of drug-likeness (QED) is 0.600. The number of amides is 3. The van der Waals surface area contributed by atoms with Gasteiger partial charge in [-0.15, -0.1) is 0 Å². The molecular weight excluding hydrogens is 340 g/mol. The fourth-order valence-electron chi connectivity index (χ4n) is 1.15. The topological polar surface area (TPSA) is 134 Å². The molecule has 0 fully saturated rings. The molecule has 0 radical (unpaired) electrons. The number of anilines is 1. The summed E-state index contributed by atoms with van der Waals surface area (Å²) in [5.74, 6) is -1.87. The summed E-state index contributed by atoms with van der Waals surface area (Å²) >= 11 is 4.36. The van der Waals surface area contributed by atoms with E-state index < -0.39 is 23.9 Å². The summed E-state index contributed by atoms with van der Waals surface area (Å²) in [5.41, 5.74) is 4.92. The maximum Gasteiger partial charge on any atom is 0.326 e. The van der Waals surface area contributed by atoms with Gasteiger partial charge in [0.05, 0.1) is 9.98 Å². The third kappa shape index (κ3) is 5.66. The van der Waals surface area contributed by atoms with Gasteiger partial charge in [-0.05, 0) is 22.4 Å². The van der Waals surface area contributed by atoms with Crippen LogP contribution >= 0.6 is 27.3 Å². The van der Waals surface area contributed by atoms with Crippen molar-refractivity contribution in [3.8, 4) is 0 Å². The number of primary amides is 1. The molecular formula is C9H11BrN4O4S. The first-order chi connectivity index (χ1) is 8.88. The van der Waals surface area contributed by atoms with Gasteiger partial charge in [0.1, 0.15) is 6.04 Å². The van der Waals surface area contributed by atoms with Crippen molar-refractivity contribution in [3.05, 3.63) is 9.98 Å². The largest absolute Gasteiger partial charge is 0.480 e. The van der Waals surface area contributed by atoms with Crippen molar-refractivity contribution in [2.75, 3.05) is 5.32 Å². The van der Waals surface area contributed by atoms with Crippen molar-refractivity contribution in [2.24, 2.45) is 5.73 Å². The third-order valence-electron chi connectivity index (χ3n) is 1.98. The number of thiazole rings is 1. The third-order valence-corrected chi connectivity index (χ3v) is 3.37. The number of rotatable bonds is 6. The number of aliphatic carboxylic acids is 1. The van der Waals surface area contributed by atoms with Gasteiger partial charge in [0.25, 0.3) is 0 Å². The van der Waals surface area contributed by atoms with Gasteiger partial charge in [-0.1, -0.05) is 11.3 Å². The van der Waals surface area contributed by atoms with Crippen molar-refractivity contribution in [3.63, 3.8) is 0 Å². The minimum absolute atomic E-state index is 0.0698. The summed E-state index contributed by atoms with van der Waals surface area (Å²) in [5, 5.41) is 13.8. The van der Waals surface area contributed by atoms with Gasteiger partial charge in [-0.2, -0.15) is 0 Å². The smallest absolute Gasteiger partial charge is 0.326 e. The number of nitrogens with two attached hydrogens (primary N) is 1. The summed E-state index contributed by atoms with van der Waals surface area (Å²) in [7, 11) is 0. The van der Waals surface area contributed by atoms with Crippen LogP contribution in [0, 0.1) is 0 Å². The standard InChI is InChI=1S/C9H11BrN4O4S/c10-5-3-12-9(19-5)14-8(18)13-4(7(16)17)1-2-6(11)15/h3-4H,1-2H2,(H2,11,15)(H,16,17)(H2,12,13,14,18). The predicted molar refractivity (Wildman–Crippen MR) is 71.8 cm³/mol. The zero-order valence-corrected chi connectivity index (χ0v) is 12.0. The lowest BCUT2D eigenvalue weighted by atomic mass is 10.1. The molecule has 0 spiro atoms. The van der Waals surface area contributed by atoms with E-state index in [0.29, 0.717) is 5.13 Å². The molecule has 1 heterocycles. The fourth-order valence-corrected chi connectivity index (χ4v) is 2.25. The molecule has 0 bridgehead atoms. The SMILES string of the molecule is NC(=O)CCC(NC(=O)Nc1ncc(Br)s1)C(=O)O. The van der Waals surface area contributed by atoms with Crippen molar-refractivity contribution in [1.82, 2.24) is 10.3 Å². The Morgan fingerprint density at radius 3 is 2.68 bits per heavy atom. The minimum atomic E-state index is -1.24. The molecule has 1 rings (SSSR count). The van der Waals surface area contributed by atoms with E-state index in [1.807, 2.05) is 0 Å². The van der Waals surface area contributed by atoms with Gasteiger partial charge in [0.15, 0.2) is 5.13 Å². The van der Waals surface area contributed by atoms with Gasteiger partial charge >= 0.3 is 12.0 Å². The highest BCUT2D eigenvalue weighted by Gasteiger charge is 2.20. The molecule has 5 N–H and O–H groups in total. The first kappa shape index (κ1) is 15.4. The molecule has 0 aliphatic carbocycles. The van der Waals surface area contributed by atoms with Crippen molar-refractivity contribution < 1.29 is 19.5 Å². The minimum Gasteiger partial charge on any atom is -0.480 e. The lowest BCUT2D eigenvalue weighted by Gasteiger charge is -2.13. The highest BCUT2D eigenvalue weighted by Crippen LogP contribution is 2.22. The Bertz CT molecular complexity index is 492. The van der Waals surface area contributed by atoms with Crippen LogP contribution in [0.4, 0.5) is 9.93 Å². The fraction of sp³-hybridized carbons (Fsp3) is 0.333. The van der Waals surface area contributed by atoms with E-state index in [4.69, 9.17) is 10.8 Å². The summed E-state index contributed by atoms with van der Waals surface area (Å²) in [6, 6.07) is -1.89. The number of hydrogen-bond donors (Lipinski definition) is 4. The number of carbonyl (C=O) groups excluding carboxylic acids is 2. The van der Waals surface area contributed by atoms with Crippen LogP contribution in [0.15, 0.2) is 9.98 Å². The summed E-state index contributed by atoms with van der Waals surface area (Å²) in [4.78, 5) is 36.9. The molecule has 8 nitrogen and oxygen atoms in total. The number of nitrogens with zero attached hydrogens (tertiary/aromatic N) is 1. The Morgan fingerprint density at radius 2 is 2.21 bits per heavy atom. The zero-order chi connectivity index (χ0) is 14.4. The Morgan fingerprint density at radius 1 is 1.53 bits per heavy atom. The Balaban J connectivity index is 2.51. The normalized spacial score (nSPS) is 11.6. The molecule has 1 aromatic rings. The number of hydrogen-bond acceptors (Lipinski definition) is 5. The number of urea groups is 1. The molecule has 0 aliphatic heterocycles. The molecule has 0 aromatic carbocycles. The molecule has 3 amide bonds. The van der Waals surface area contributed by atoms with Crippen LogP contribution in [0.1, 0.15) is 12.8 Å². The Kier molecular flexibility index (Phi) is 5.70. The van der Waals surface area contributed by atoms with Crippen LogP contribution in [-0.2, 0) is 9.59 Å². The van der Waals surface area contributed by atoms with E-state index in [0.717, 1.165) is 3.79 Å². The molecule has 10 heteroatoms. The van der Waals surface area contributed by atoms with Gasteiger partial charge in [-0.25, -0.2) is 14.6 Å². The number of nitrogens with one attached hydrogen (secondary N) is 2. The molecule has 0 aliphatic rings. The van der Waals surface area contributed by atoms with E-state index in [1.165, 1.54) is 17.5 Å². The van der Waals surface area contributed by atoms with Crippen molar-refractivity contribution in [1.29, 1.82) is 0 Å². The predicted octanol–water partition coefficient (Wildman–Crippen LogP) is 0.746. The summed E-state index contributed by atoms with van der Waals surface area (Å²) in [6.45, 7) is 0. The van der Waals surface area contributed by atoms with Gasteiger partial charge in [0, 0.05) is 6.42 Å². The van der Waals surface area contributed by atoms with E-state index >= 15 is 0 Å². The number of halogens is 1. The first-order valence-corrected chi connectivity index (χ1v) is 6.69. The monoisotopic (exact) mass is 350 g/mol. The Labute approximate surface area is 120 Å². The molecule has 1 aromatic heterocycles. The van der Waals surface area contributed by atoms with Gasteiger partial charge < -0.3 is 16.2 Å². The number of carboxylic acid groups (broad SMARTS) is 1. The number of carbonyl (C=O) groups is 3. The van der Waals surface area contributed by atoms with Gasteiger partial charge in [-0.3, -0.25) is 10.1 Å². The van der Waals surface area contributed by atoms with Crippen molar-refractivity contribution >= 4 is 50.3 Å². The lowest BCUT2D eigenvalue weighted by Crippen LogP contribution is -2.43. The van der Waals surface area contributed by atoms with E-state index in [1.54, 1.807) is 0 Å². The van der Waals surface area contributed by atoms with Crippen LogP contribution in [0.2, 0.25) is 0 Å². The molecule has 1 atom stereocenters. The maximum absolute atomic E-state index is 11.5. The van der Waals surface area contributed by atoms with Crippen LogP contribution in [-0.4, -0.2) is 34.0 Å². The van der Waals surface area contributed by atoms with Crippen LogP contribution in [0.5, 0.6) is 0 Å². The average molecular weight is 351 g/mol. The van der Waals surface area contributed by atoms with E-state index in [9.17, 15) is 14.4 Å². The van der Waals surface area contributed by atoms with Gasteiger partial charge in [0.2, 0.25) is 5.91 Å². The maximum atomic E-state index is 11.5. The zero-order valence-electron chi connectivity index (χ0n) is 9.55. The first-order valence-electron chi connectivity index (χ1n) is 5.08. The van der Waals surface area contributed by atoms with Crippen LogP contribution < -0.4 is 16.4 Å². The van der Waals surface area contributed by atoms with Crippen molar-refractivity contribution in [2.45, 2.75) is 18.9 Å². The lowest BCUT2D eigenvalue weighted by molar-refractivity contribution is -0.139. The molecule has 104 valence electrons. The van der Waals surface area contributed by atoms with Crippen LogP contribution in [0.3, 0.4) is 0 Å². The second kappa shape index (κ2) is 7.04. The highest BCUT2D eigenvalue weighted by atomic mass is 79.9. The number of aromatic nitrogens is 1. The summed E-state index contributed by atoms with van der Waals surface area (Å²) in [6.07, 6.45) is 1.31. The van der Waals surface area contributed by atoms with E-state index in [2.05, 4.69) is 31.5 Å².